The van der Waals surface area contributed by atoms with E-state index in [1.54, 1.807) is 0 Å². The third-order valence-corrected chi connectivity index (χ3v) is 2.21. The average molecular weight is 142 g/mol. The minimum atomic E-state index is 0.768. The molecule has 1 atom stereocenters. The third kappa shape index (κ3) is 1.96. The molecule has 10 heavy (non-hydrogen) atoms. The summed E-state index contributed by atoms with van der Waals surface area (Å²) in [5.74, 6) is 0. The Bertz CT molecular complexity index is 93.3. The first-order chi connectivity index (χ1) is 4.86. The van der Waals surface area contributed by atoms with Gasteiger partial charge < -0.3 is 10.2 Å². The molecule has 1 aliphatic rings. The maximum absolute atomic E-state index is 3.47. The summed E-state index contributed by atoms with van der Waals surface area (Å²) in [6.07, 6.45) is 1.34. The van der Waals surface area contributed by atoms with E-state index in [1.165, 1.54) is 26.1 Å². The summed E-state index contributed by atoms with van der Waals surface area (Å²) in [7, 11) is 0. The van der Waals surface area contributed by atoms with E-state index in [0.717, 1.165) is 12.6 Å². The Morgan fingerprint density at radius 3 is 2.80 bits per heavy atom. The van der Waals surface area contributed by atoms with E-state index in [1.807, 2.05) is 0 Å². The van der Waals surface area contributed by atoms with Crippen LogP contribution in [0.1, 0.15) is 20.3 Å². The monoisotopic (exact) mass is 142 g/mol. The van der Waals surface area contributed by atoms with Gasteiger partial charge in [0.25, 0.3) is 0 Å². The highest BCUT2D eigenvalue weighted by Gasteiger charge is 2.19. The lowest BCUT2D eigenvalue weighted by atomic mass is 10.3. The number of hydrogen-bond acceptors (Lipinski definition) is 2. The standard InChI is InChI=1S/C8H18N2/c1-3-9-8-5-6-10(4-2)7-8/h8-9H,3-7H2,1-2H3/t8-/m0/s1. The van der Waals surface area contributed by atoms with Crippen LogP contribution in [-0.4, -0.2) is 37.1 Å². The Morgan fingerprint density at radius 2 is 2.30 bits per heavy atom. The predicted octanol–water partition coefficient (Wildman–Crippen LogP) is 0.690. The van der Waals surface area contributed by atoms with Crippen LogP contribution in [0, 0.1) is 0 Å². The Hall–Kier alpha value is -0.0800. The summed E-state index contributed by atoms with van der Waals surface area (Å²) in [5.41, 5.74) is 0. The summed E-state index contributed by atoms with van der Waals surface area (Å²) in [6.45, 7) is 9.27. The molecule has 1 aliphatic heterocycles. The van der Waals surface area contributed by atoms with E-state index in [4.69, 9.17) is 0 Å². The Kier molecular flexibility index (Phi) is 3.16. The zero-order chi connectivity index (χ0) is 7.40. The highest BCUT2D eigenvalue weighted by Crippen LogP contribution is 2.07. The van der Waals surface area contributed by atoms with E-state index in [2.05, 4.69) is 24.1 Å². The number of hydrogen-bond donors (Lipinski definition) is 1. The van der Waals surface area contributed by atoms with Crippen LogP contribution >= 0.6 is 0 Å². The van der Waals surface area contributed by atoms with Crippen molar-refractivity contribution < 1.29 is 0 Å². The fourth-order valence-electron chi connectivity index (χ4n) is 1.58. The van der Waals surface area contributed by atoms with Crippen LogP contribution in [0.5, 0.6) is 0 Å². The van der Waals surface area contributed by atoms with E-state index < -0.39 is 0 Å². The lowest BCUT2D eigenvalue weighted by Crippen LogP contribution is -2.32. The lowest BCUT2D eigenvalue weighted by Gasteiger charge is -2.12. The molecule has 0 aromatic carbocycles. The summed E-state index contributed by atoms with van der Waals surface area (Å²) < 4.78 is 0. The van der Waals surface area contributed by atoms with Crippen LogP contribution in [-0.2, 0) is 0 Å². The van der Waals surface area contributed by atoms with E-state index in [-0.39, 0.29) is 0 Å². The van der Waals surface area contributed by atoms with Crippen molar-refractivity contribution in [2.45, 2.75) is 26.3 Å². The van der Waals surface area contributed by atoms with Gasteiger partial charge in [-0.1, -0.05) is 13.8 Å². The molecule has 1 N–H and O–H groups in total. The number of likely N-dealkylation sites (N-methyl/N-ethyl adjacent to an activating group) is 2. The second-order valence-electron chi connectivity index (χ2n) is 2.94. The molecule has 0 unspecified atom stereocenters. The molecule has 0 aromatic heterocycles. The summed E-state index contributed by atoms with van der Waals surface area (Å²) in [5, 5.41) is 3.47. The first kappa shape index (κ1) is 8.02. The second kappa shape index (κ2) is 3.94. The van der Waals surface area contributed by atoms with Crippen LogP contribution in [0.4, 0.5) is 0 Å². The van der Waals surface area contributed by atoms with Crippen molar-refractivity contribution in [2.75, 3.05) is 26.2 Å². The summed E-state index contributed by atoms with van der Waals surface area (Å²) >= 11 is 0. The number of nitrogens with zero attached hydrogens (tertiary/aromatic N) is 1. The van der Waals surface area contributed by atoms with Crippen molar-refractivity contribution >= 4 is 0 Å². The van der Waals surface area contributed by atoms with Crippen molar-refractivity contribution in [1.82, 2.24) is 10.2 Å². The van der Waals surface area contributed by atoms with Gasteiger partial charge in [-0.3, -0.25) is 0 Å². The number of nitrogens with one attached hydrogen (secondary N) is 1. The van der Waals surface area contributed by atoms with Gasteiger partial charge >= 0.3 is 0 Å². The predicted molar refractivity (Wildman–Crippen MR) is 44.2 cm³/mol. The van der Waals surface area contributed by atoms with Gasteiger partial charge in [0.15, 0.2) is 0 Å². The summed E-state index contributed by atoms with van der Waals surface area (Å²) in [4.78, 5) is 2.49. The van der Waals surface area contributed by atoms with Crippen molar-refractivity contribution in [1.29, 1.82) is 0 Å². The van der Waals surface area contributed by atoms with E-state index in [0.29, 0.717) is 0 Å². The van der Waals surface area contributed by atoms with Crippen molar-refractivity contribution in [2.24, 2.45) is 0 Å². The van der Waals surface area contributed by atoms with Crippen molar-refractivity contribution in [3.05, 3.63) is 0 Å². The van der Waals surface area contributed by atoms with E-state index in [9.17, 15) is 0 Å². The molecule has 0 bridgehead atoms. The molecular weight excluding hydrogens is 124 g/mol. The molecule has 2 heteroatoms. The zero-order valence-corrected chi connectivity index (χ0v) is 7.06. The maximum atomic E-state index is 3.47. The van der Waals surface area contributed by atoms with Crippen LogP contribution in [0.3, 0.4) is 0 Å². The topological polar surface area (TPSA) is 15.3 Å². The first-order valence-electron chi connectivity index (χ1n) is 4.32. The van der Waals surface area contributed by atoms with Crippen molar-refractivity contribution in [3.63, 3.8) is 0 Å². The molecule has 0 aromatic rings. The van der Waals surface area contributed by atoms with Gasteiger partial charge in [0.05, 0.1) is 0 Å². The molecule has 60 valence electrons. The first-order valence-corrected chi connectivity index (χ1v) is 4.32. The Morgan fingerprint density at radius 1 is 1.50 bits per heavy atom. The molecule has 2 nitrogen and oxygen atoms in total. The molecule has 1 heterocycles. The molecular formula is C8H18N2. The highest BCUT2D eigenvalue weighted by molar-refractivity contribution is 4.79. The fraction of sp³-hybridized carbons (Fsp3) is 1.00. The van der Waals surface area contributed by atoms with Gasteiger partial charge in [-0.05, 0) is 26.1 Å². The summed E-state index contributed by atoms with van der Waals surface area (Å²) in [6, 6.07) is 0.768. The van der Waals surface area contributed by atoms with Crippen molar-refractivity contribution in [3.8, 4) is 0 Å². The molecule has 0 saturated carbocycles. The average Bonchev–Trinajstić information content (AvgIpc) is 2.37. The smallest absolute Gasteiger partial charge is 0.0207 e. The van der Waals surface area contributed by atoms with Gasteiger partial charge in [-0.2, -0.15) is 0 Å². The van der Waals surface area contributed by atoms with Crippen LogP contribution in [0.15, 0.2) is 0 Å². The van der Waals surface area contributed by atoms with Gasteiger partial charge in [0.2, 0.25) is 0 Å². The van der Waals surface area contributed by atoms with E-state index >= 15 is 0 Å². The van der Waals surface area contributed by atoms with Crippen LogP contribution in [0.25, 0.3) is 0 Å². The molecule has 1 fully saturated rings. The SMILES string of the molecule is CCN[C@H]1CCN(CC)C1. The minimum absolute atomic E-state index is 0.768. The molecule has 0 amide bonds. The normalized spacial score (nSPS) is 27.6. The Labute approximate surface area is 63.6 Å². The molecule has 0 spiro atoms. The molecule has 1 saturated heterocycles. The maximum Gasteiger partial charge on any atom is 0.0207 e. The zero-order valence-electron chi connectivity index (χ0n) is 7.06. The largest absolute Gasteiger partial charge is 0.313 e. The fourth-order valence-corrected chi connectivity index (χ4v) is 1.58. The van der Waals surface area contributed by atoms with Gasteiger partial charge in [0, 0.05) is 12.6 Å². The number of rotatable bonds is 3. The highest BCUT2D eigenvalue weighted by atomic mass is 15.2. The third-order valence-electron chi connectivity index (χ3n) is 2.21. The Balaban J connectivity index is 2.15. The lowest BCUT2D eigenvalue weighted by molar-refractivity contribution is 0.346. The number of likely N-dealkylation sites (tertiary alicyclic amines) is 1. The van der Waals surface area contributed by atoms with Gasteiger partial charge in [-0.25, -0.2) is 0 Å². The molecule has 1 rings (SSSR count). The van der Waals surface area contributed by atoms with Crippen LogP contribution in [0.2, 0.25) is 0 Å². The molecule has 0 aliphatic carbocycles. The van der Waals surface area contributed by atoms with Crippen LogP contribution < -0.4 is 5.32 Å². The quantitative estimate of drug-likeness (QED) is 0.623. The second-order valence-corrected chi connectivity index (χ2v) is 2.94. The van der Waals surface area contributed by atoms with Gasteiger partial charge in [-0.15, -0.1) is 0 Å². The molecule has 0 radical (unpaired) electrons. The van der Waals surface area contributed by atoms with Gasteiger partial charge in [0.1, 0.15) is 0 Å². The minimum Gasteiger partial charge on any atom is -0.313 e.